The molecule has 1 saturated carbocycles. The third-order valence-corrected chi connectivity index (χ3v) is 6.50. The predicted octanol–water partition coefficient (Wildman–Crippen LogP) is 4.55. The third kappa shape index (κ3) is 4.00. The molecule has 3 aromatic rings. The van der Waals surface area contributed by atoms with E-state index in [0.29, 0.717) is 5.02 Å². The molecule has 0 amide bonds. The third-order valence-electron chi connectivity index (χ3n) is 4.74. The van der Waals surface area contributed by atoms with E-state index in [0.717, 1.165) is 23.1 Å². The molecule has 3 aromatic carbocycles. The molecule has 0 saturated heterocycles. The molecule has 0 bridgehead atoms. The van der Waals surface area contributed by atoms with Crippen LogP contribution in [0.1, 0.15) is 17.9 Å². The van der Waals surface area contributed by atoms with Crippen molar-refractivity contribution < 1.29 is 13.5 Å². The normalized spacial score (nSPS) is 19.0. The molecule has 0 spiro atoms. The Bertz CT molecular complexity index is 1060. The molecular formula is C21H18ClNO3S. The Hall–Kier alpha value is -2.34. The van der Waals surface area contributed by atoms with Crippen LogP contribution >= 0.6 is 11.6 Å². The van der Waals surface area contributed by atoms with Gasteiger partial charge in [0.15, 0.2) is 0 Å². The Labute approximate surface area is 163 Å². The molecule has 1 fully saturated rings. The van der Waals surface area contributed by atoms with E-state index in [4.69, 9.17) is 11.6 Å². The minimum absolute atomic E-state index is 0.0974. The molecule has 0 heterocycles. The molecule has 0 aromatic heterocycles. The molecule has 0 radical (unpaired) electrons. The molecule has 138 valence electrons. The Balaban J connectivity index is 1.47. The predicted molar refractivity (Wildman–Crippen MR) is 106 cm³/mol. The van der Waals surface area contributed by atoms with Crippen LogP contribution < -0.4 is 4.72 Å². The second-order valence-corrected chi connectivity index (χ2v) is 8.85. The van der Waals surface area contributed by atoms with Crippen LogP contribution in [0.25, 0.3) is 11.1 Å². The van der Waals surface area contributed by atoms with Crippen LogP contribution in [-0.4, -0.2) is 19.6 Å². The van der Waals surface area contributed by atoms with Gasteiger partial charge in [-0.3, -0.25) is 0 Å². The number of aromatic hydroxyl groups is 1. The molecular weight excluding hydrogens is 382 g/mol. The Kier molecular flexibility index (Phi) is 4.68. The lowest BCUT2D eigenvalue weighted by molar-refractivity contribution is 0.474. The summed E-state index contributed by atoms with van der Waals surface area (Å²) < 4.78 is 28.0. The van der Waals surface area contributed by atoms with Gasteiger partial charge < -0.3 is 5.11 Å². The monoisotopic (exact) mass is 399 g/mol. The van der Waals surface area contributed by atoms with Crippen molar-refractivity contribution in [2.45, 2.75) is 23.3 Å². The molecule has 27 heavy (non-hydrogen) atoms. The van der Waals surface area contributed by atoms with Crippen LogP contribution in [0.4, 0.5) is 0 Å². The van der Waals surface area contributed by atoms with Crippen LogP contribution in [0.2, 0.25) is 5.02 Å². The number of phenolic OH excluding ortho intramolecular Hbond substituents is 1. The van der Waals surface area contributed by atoms with Crippen LogP contribution in [0, 0.1) is 0 Å². The number of nitrogens with one attached hydrogen (secondary N) is 1. The first-order valence-electron chi connectivity index (χ1n) is 8.60. The summed E-state index contributed by atoms with van der Waals surface area (Å²) in [6.45, 7) is 0. The first-order valence-corrected chi connectivity index (χ1v) is 10.5. The maximum atomic E-state index is 12.6. The van der Waals surface area contributed by atoms with Crippen LogP contribution in [-0.2, 0) is 10.0 Å². The van der Waals surface area contributed by atoms with Gasteiger partial charge in [-0.05, 0) is 59.5 Å². The Morgan fingerprint density at radius 3 is 2.19 bits per heavy atom. The lowest BCUT2D eigenvalue weighted by atomic mass is 10.1. The molecule has 1 aliphatic rings. The number of hydrogen-bond donors (Lipinski definition) is 2. The molecule has 1 aliphatic carbocycles. The number of rotatable bonds is 5. The minimum Gasteiger partial charge on any atom is -0.508 e. The van der Waals surface area contributed by atoms with E-state index in [1.807, 2.05) is 18.2 Å². The largest absolute Gasteiger partial charge is 0.508 e. The van der Waals surface area contributed by atoms with E-state index in [9.17, 15) is 13.5 Å². The lowest BCUT2D eigenvalue weighted by Gasteiger charge is -2.08. The van der Waals surface area contributed by atoms with Gasteiger partial charge in [0.1, 0.15) is 5.75 Å². The summed E-state index contributed by atoms with van der Waals surface area (Å²) in [5, 5.41) is 10.2. The van der Waals surface area contributed by atoms with Gasteiger partial charge in [0.25, 0.3) is 0 Å². The van der Waals surface area contributed by atoms with E-state index < -0.39 is 10.0 Å². The van der Waals surface area contributed by atoms with Crippen molar-refractivity contribution >= 4 is 21.6 Å². The maximum Gasteiger partial charge on any atom is 0.240 e. The zero-order valence-electron chi connectivity index (χ0n) is 14.3. The van der Waals surface area contributed by atoms with E-state index >= 15 is 0 Å². The summed E-state index contributed by atoms with van der Waals surface area (Å²) in [4.78, 5) is 0.238. The van der Waals surface area contributed by atoms with E-state index in [-0.39, 0.29) is 22.6 Å². The number of hydrogen-bond acceptors (Lipinski definition) is 3. The molecule has 2 N–H and O–H groups in total. The van der Waals surface area contributed by atoms with Gasteiger partial charge >= 0.3 is 0 Å². The van der Waals surface area contributed by atoms with Gasteiger partial charge in [-0.25, -0.2) is 13.1 Å². The van der Waals surface area contributed by atoms with Gasteiger partial charge in [-0.2, -0.15) is 0 Å². The topological polar surface area (TPSA) is 66.4 Å². The average molecular weight is 400 g/mol. The van der Waals surface area contributed by atoms with Crippen molar-refractivity contribution in [3.63, 3.8) is 0 Å². The van der Waals surface area contributed by atoms with Crippen molar-refractivity contribution in [1.29, 1.82) is 0 Å². The van der Waals surface area contributed by atoms with Crippen molar-refractivity contribution in [3.8, 4) is 16.9 Å². The van der Waals surface area contributed by atoms with E-state index in [1.54, 1.807) is 54.6 Å². The quantitative estimate of drug-likeness (QED) is 0.661. The molecule has 0 unspecified atom stereocenters. The minimum atomic E-state index is -3.59. The highest BCUT2D eigenvalue weighted by Gasteiger charge is 2.41. The summed E-state index contributed by atoms with van der Waals surface area (Å²) in [6, 6.07) is 21.0. The smallest absolute Gasteiger partial charge is 0.240 e. The second kappa shape index (κ2) is 7.00. The maximum absolute atomic E-state index is 12.6. The molecule has 2 atom stereocenters. The van der Waals surface area contributed by atoms with E-state index in [1.165, 1.54) is 0 Å². The average Bonchev–Trinajstić information content (AvgIpc) is 3.41. The summed E-state index contributed by atoms with van der Waals surface area (Å²) in [6.07, 6.45) is 0.728. The summed E-state index contributed by atoms with van der Waals surface area (Å²) in [7, 11) is -3.59. The first-order chi connectivity index (χ1) is 12.9. The summed E-state index contributed by atoms with van der Waals surface area (Å²) >= 11 is 5.90. The standard InChI is InChI=1S/C21H18ClNO3S/c22-17-8-4-14(5-9-17)15-6-10-19(11-7-15)27(25,26)23-21-13-20(21)16-2-1-3-18(24)12-16/h1-12,20-21,23-24H,13H2/t20-,21+/m0/s1. The van der Waals surface area contributed by atoms with Gasteiger partial charge in [-0.15, -0.1) is 0 Å². The van der Waals surface area contributed by atoms with Crippen molar-refractivity contribution in [2.24, 2.45) is 0 Å². The highest BCUT2D eigenvalue weighted by molar-refractivity contribution is 7.89. The molecule has 6 heteroatoms. The van der Waals surface area contributed by atoms with Gasteiger partial charge in [0.05, 0.1) is 4.90 Å². The zero-order valence-corrected chi connectivity index (χ0v) is 15.9. The Morgan fingerprint density at radius 2 is 1.56 bits per heavy atom. The van der Waals surface area contributed by atoms with Crippen molar-refractivity contribution in [2.75, 3.05) is 0 Å². The number of halogens is 1. The molecule has 0 aliphatic heterocycles. The highest BCUT2D eigenvalue weighted by Crippen LogP contribution is 2.42. The Morgan fingerprint density at radius 1 is 0.926 bits per heavy atom. The lowest BCUT2D eigenvalue weighted by Crippen LogP contribution is -2.26. The SMILES string of the molecule is O=S(=O)(N[C@@H]1C[C@H]1c1cccc(O)c1)c1ccc(-c2ccc(Cl)cc2)cc1. The van der Waals surface area contributed by atoms with Gasteiger partial charge in [0, 0.05) is 17.0 Å². The van der Waals surface area contributed by atoms with Gasteiger partial charge in [-0.1, -0.05) is 48.0 Å². The number of benzene rings is 3. The van der Waals surface area contributed by atoms with Gasteiger partial charge in [0.2, 0.25) is 10.0 Å². The highest BCUT2D eigenvalue weighted by atomic mass is 35.5. The summed E-state index contributed by atoms with van der Waals surface area (Å²) in [5.74, 6) is 0.291. The van der Waals surface area contributed by atoms with Crippen LogP contribution in [0.5, 0.6) is 5.75 Å². The van der Waals surface area contributed by atoms with Crippen molar-refractivity contribution in [3.05, 3.63) is 83.4 Å². The molecule has 4 rings (SSSR count). The van der Waals surface area contributed by atoms with Crippen LogP contribution in [0.3, 0.4) is 0 Å². The summed E-state index contributed by atoms with van der Waals surface area (Å²) in [5.41, 5.74) is 2.85. The zero-order chi connectivity index (χ0) is 19.0. The fraction of sp³-hybridized carbons (Fsp3) is 0.143. The first kappa shape index (κ1) is 18.0. The number of sulfonamides is 1. The fourth-order valence-corrected chi connectivity index (χ4v) is 4.60. The number of phenols is 1. The van der Waals surface area contributed by atoms with Crippen LogP contribution in [0.15, 0.2) is 77.7 Å². The molecule has 4 nitrogen and oxygen atoms in total. The van der Waals surface area contributed by atoms with E-state index in [2.05, 4.69) is 4.72 Å². The van der Waals surface area contributed by atoms with Crippen molar-refractivity contribution in [1.82, 2.24) is 4.72 Å². The fourth-order valence-electron chi connectivity index (χ4n) is 3.19. The second-order valence-electron chi connectivity index (χ2n) is 6.70.